The third-order valence-electron chi connectivity index (χ3n) is 2.52. The summed E-state index contributed by atoms with van der Waals surface area (Å²) in [6, 6.07) is 5.05. The van der Waals surface area contributed by atoms with E-state index in [1.54, 1.807) is 18.2 Å². The maximum absolute atomic E-state index is 11.5. The Hall–Kier alpha value is -1.69. The van der Waals surface area contributed by atoms with Gasteiger partial charge in [0, 0.05) is 25.9 Å². The van der Waals surface area contributed by atoms with Crippen LogP contribution in [0.1, 0.15) is 11.1 Å². The Morgan fingerprint density at radius 3 is 2.82 bits per heavy atom. The molecule has 0 spiro atoms. The van der Waals surface area contributed by atoms with Gasteiger partial charge in [0.15, 0.2) is 0 Å². The predicted octanol–water partition coefficient (Wildman–Crippen LogP) is 2.64. The lowest BCUT2D eigenvalue weighted by Gasteiger charge is -2.05. The molecule has 0 atom stereocenters. The van der Waals surface area contributed by atoms with Gasteiger partial charge in [-0.05, 0) is 25.1 Å². The molecule has 0 N–H and O–H groups in total. The van der Waals surface area contributed by atoms with Crippen molar-refractivity contribution in [3.63, 3.8) is 0 Å². The molecule has 0 bridgehead atoms. The van der Waals surface area contributed by atoms with Crippen molar-refractivity contribution in [3.05, 3.63) is 54.3 Å². The molecule has 1 aromatic carbocycles. The molecule has 6 heteroatoms. The van der Waals surface area contributed by atoms with Crippen molar-refractivity contribution < 1.29 is 9.34 Å². The third kappa shape index (κ3) is 2.21. The number of rotatable bonds is 2. The van der Waals surface area contributed by atoms with Gasteiger partial charge < -0.3 is 4.42 Å². The number of hydrogen-bond donors (Lipinski definition) is 0. The zero-order valence-electron chi connectivity index (χ0n) is 8.90. The van der Waals surface area contributed by atoms with Crippen LogP contribution >= 0.6 is 15.9 Å². The second-order valence-corrected chi connectivity index (χ2v) is 4.54. The molecule has 0 saturated heterocycles. The van der Waals surface area contributed by atoms with Crippen LogP contribution in [0.2, 0.25) is 0 Å². The molecule has 5 nitrogen and oxygen atoms in total. The molecule has 1 aromatic heterocycles. The Morgan fingerprint density at radius 1 is 1.47 bits per heavy atom. The Kier molecular flexibility index (Phi) is 2.97. The number of benzene rings is 1. The highest BCUT2D eigenvalue weighted by Crippen LogP contribution is 2.24. The molecule has 17 heavy (non-hydrogen) atoms. The number of fused-ring (bicyclic) bond motifs is 1. The average Bonchev–Trinajstić information content (AvgIpc) is 2.25. The fourth-order valence-corrected chi connectivity index (χ4v) is 2.02. The Labute approximate surface area is 104 Å². The minimum Gasteiger partial charge on any atom is -0.423 e. The van der Waals surface area contributed by atoms with Gasteiger partial charge in [-0.15, -0.1) is 0 Å². The van der Waals surface area contributed by atoms with E-state index in [2.05, 4.69) is 15.9 Å². The van der Waals surface area contributed by atoms with Gasteiger partial charge >= 0.3 is 5.63 Å². The molecule has 0 aliphatic carbocycles. The molecule has 0 saturated carbocycles. The summed E-state index contributed by atoms with van der Waals surface area (Å²) in [5.41, 5.74) is 0.521. The number of hydrogen-bond acceptors (Lipinski definition) is 4. The Morgan fingerprint density at radius 2 is 2.18 bits per heavy atom. The molecule has 2 aromatic rings. The van der Waals surface area contributed by atoms with E-state index in [0.717, 1.165) is 4.47 Å². The standard InChI is InChI=1S/C11H8BrNO4/c1-6-9(5-13(15)16)8-4-7(12)2-3-10(8)17-11(6)14/h2-4H,5H2,1H3. The van der Waals surface area contributed by atoms with E-state index in [1.165, 1.54) is 6.92 Å². The van der Waals surface area contributed by atoms with Crippen molar-refractivity contribution in [3.8, 4) is 0 Å². The number of nitrogens with zero attached hydrogens (tertiary/aromatic N) is 1. The molecule has 0 aliphatic heterocycles. The summed E-state index contributed by atoms with van der Waals surface area (Å²) >= 11 is 3.29. The molecule has 0 radical (unpaired) electrons. The first-order valence-electron chi connectivity index (χ1n) is 4.82. The van der Waals surface area contributed by atoms with Crippen molar-refractivity contribution in [2.75, 3.05) is 0 Å². The summed E-state index contributed by atoms with van der Waals surface area (Å²) < 4.78 is 5.85. The summed E-state index contributed by atoms with van der Waals surface area (Å²) in [5.74, 6) is 0. The highest BCUT2D eigenvalue weighted by Gasteiger charge is 2.15. The van der Waals surface area contributed by atoms with Gasteiger partial charge in [0.05, 0.1) is 0 Å². The molecular formula is C11H8BrNO4. The first kappa shape index (κ1) is 11.8. The molecule has 0 unspecified atom stereocenters. The molecule has 1 heterocycles. The zero-order valence-corrected chi connectivity index (χ0v) is 10.5. The fourth-order valence-electron chi connectivity index (χ4n) is 1.66. The van der Waals surface area contributed by atoms with Crippen LogP contribution in [0.5, 0.6) is 0 Å². The van der Waals surface area contributed by atoms with E-state index in [4.69, 9.17) is 4.42 Å². The van der Waals surface area contributed by atoms with Crippen LogP contribution in [-0.2, 0) is 6.54 Å². The van der Waals surface area contributed by atoms with Crippen LogP contribution in [0.15, 0.2) is 31.9 Å². The van der Waals surface area contributed by atoms with Crippen LogP contribution in [0.4, 0.5) is 0 Å². The van der Waals surface area contributed by atoms with Gasteiger partial charge in [-0.2, -0.15) is 0 Å². The summed E-state index contributed by atoms with van der Waals surface area (Å²) in [6.45, 7) is 1.15. The maximum Gasteiger partial charge on any atom is 0.339 e. The lowest BCUT2D eigenvalue weighted by molar-refractivity contribution is -0.496. The Bertz CT molecular complexity index is 662. The van der Waals surface area contributed by atoms with Gasteiger partial charge in [-0.1, -0.05) is 15.9 Å². The summed E-state index contributed by atoms with van der Waals surface area (Å²) in [5, 5.41) is 11.2. The average molecular weight is 298 g/mol. The quantitative estimate of drug-likeness (QED) is 0.485. The monoisotopic (exact) mass is 297 g/mol. The van der Waals surface area contributed by atoms with E-state index in [-0.39, 0.29) is 12.1 Å². The van der Waals surface area contributed by atoms with Gasteiger partial charge in [0.25, 0.3) is 0 Å². The molecular weight excluding hydrogens is 290 g/mol. The second kappa shape index (κ2) is 4.29. The van der Waals surface area contributed by atoms with Crippen molar-refractivity contribution in [1.29, 1.82) is 0 Å². The zero-order chi connectivity index (χ0) is 12.6. The maximum atomic E-state index is 11.5. The molecule has 2 rings (SSSR count). The van der Waals surface area contributed by atoms with Crippen molar-refractivity contribution in [1.82, 2.24) is 0 Å². The predicted molar refractivity (Wildman–Crippen MR) is 65.6 cm³/mol. The minimum atomic E-state index is -0.531. The lowest BCUT2D eigenvalue weighted by atomic mass is 10.1. The van der Waals surface area contributed by atoms with E-state index >= 15 is 0 Å². The smallest absolute Gasteiger partial charge is 0.339 e. The van der Waals surface area contributed by atoms with Gasteiger partial charge in [0.1, 0.15) is 5.58 Å². The summed E-state index contributed by atoms with van der Waals surface area (Å²) in [4.78, 5) is 21.7. The van der Waals surface area contributed by atoms with Gasteiger partial charge in [-0.25, -0.2) is 4.79 Å². The van der Waals surface area contributed by atoms with Crippen LogP contribution in [-0.4, -0.2) is 4.92 Å². The van der Waals surface area contributed by atoms with Crippen molar-refractivity contribution >= 4 is 26.9 Å². The molecule has 0 fully saturated rings. The summed E-state index contributed by atoms with van der Waals surface area (Å²) in [6.07, 6.45) is 0. The SMILES string of the molecule is Cc1c(C[N+](=O)[O-])c2cc(Br)ccc2oc1=O. The van der Waals surface area contributed by atoms with E-state index in [9.17, 15) is 14.9 Å². The second-order valence-electron chi connectivity index (χ2n) is 3.62. The first-order chi connectivity index (χ1) is 7.99. The Balaban J connectivity index is 2.84. The first-order valence-corrected chi connectivity index (χ1v) is 5.62. The van der Waals surface area contributed by atoms with Crippen LogP contribution in [0.25, 0.3) is 11.0 Å². The summed E-state index contributed by atoms with van der Waals surface area (Å²) in [7, 11) is 0. The number of nitro groups is 1. The van der Waals surface area contributed by atoms with Crippen molar-refractivity contribution in [2.24, 2.45) is 0 Å². The lowest BCUT2D eigenvalue weighted by Crippen LogP contribution is -2.11. The normalized spacial score (nSPS) is 10.7. The van der Waals surface area contributed by atoms with Crippen molar-refractivity contribution in [2.45, 2.75) is 13.5 Å². The third-order valence-corrected chi connectivity index (χ3v) is 3.01. The fraction of sp³-hybridized carbons (Fsp3) is 0.182. The van der Waals surface area contributed by atoms with Gasteiger partial charge in [0.2, 0.25) is 6.54 Å². The largest absolute Gasteiger partial charge is 0.423 e. The minimum absolute atomic E-state index is 0.285. The van der Waals surface area contributed by atoms with E-state index in [1.807, 2.05) is 0 Å². The topological polar surface area (TPSA) is 73.3 Å². The molecule has 0 aliphatic rings. The molecule has 88 valence electrons. The highest BCUT2D eigenvalue weighted by molar-refractivity contribution is 9.10. The number of halogens is 1. The van der Waals surface area contributed by atoms with E-state index in [0.29, 0.717) is 16.5 Å². The van der Waals surface area contributed by atoms with Gasteiger partial charge in [-0.3, -0.25) is 10.1 Å². The van der Waals surface area contributed by atoms with E-state index < -0.39 is 10.5 Å². The van der Waals surface area contributed by atoms with Crippen LogP contribution in [0.3, 0.4) is 0 Å². The van der Waals surface area contributed by atoms with Crippen LogP contribution < -0.4 is 5.63 Å². The van der Waals surface area contributed by atoms with Crippen LogP contribution in [0, 0.1) is 17.0 Å². The highest BCUT2D eigenvalue weighted by atomic mass is 79.9. The molecule has 0 amide bonds.